The molecule has 1 rings (SSSR count). The number of ketones is 1. The van der Waals surface area contributed by atoms with E-state index in [0.29, 0.717) is 12.2 Å². The Morgan fingerprint density at radius 2 is 2.15 bits per heavy atom. The van der Waals surface area contributed by atoms with Crippen LogP contribution in [0.1, 0.15) is 12.5 Å². The van der Waals surface area contributed by atoms with Crippen LogP contribution in [-0.2, 0) is 11.2 Å². The Morgan fingerprint density at radius 1 is 1.46 bits per heavy atom. The molecule has 0 unspecified atom stereocenters. The Morgan fingerprint density at radius 3 is 2.77 bits per heavy atom. The fraction of sp³-hybridized carbons (Fsp3) is 0.400. The Balaban J connectivity index is 2.37. The first-order valence-corrected chi connectivity index (χ1v) is 5.46. The molecule has 0 saturated heterocycles. The van der Waals surface area contributed by atoms with Gasteiger partial charge in [-0.3, -0.25) is 9.78 Å². The van der Waals surface area contributed by atoms with Crippen molar-refractivity contribution in [3.05, 3.63) is 30.1 Å². The van der Waals surface area contributed by atoms with Crippen molar-refractivity contribution in [3.63, 3.8) is 0 Å². The number of pyridine rings is 1. The molecule has 0 N–H and O–H groups in total. The second kappa shape index (κ2) is 5.75. The van der Waals surface area contributed by atoms with Gasteiger partial charge in [0.05, 0.1) is 5.75 Å². The molecule has 0 aromatic carbocycles. The minimum atomic E-state index is 0.290. The van der Waals surface area contributed by atoms with Crippen molar-refractivity contribution in [2.24, 2.45) is 0 Å². The van der Waals surface area contributed by atoms with E-state index in [0.717, 1.165) is 11.3 Å². The van der Waals surface area contributed by atoms with Crippen LogP contribution in [-0.4, -0.2) is 22.3 Å². The van der Waals surface area contributed by atoms with Gasteiger partial charge in [0, 0.05) is 18.8 Å². The van der Waals surface area contributed by atoms with Gasteiger partial charge in [0.2, 0.25) is 0 Å². The molecule has 13 heavy (non-hydrogen) atoms. The lowest BCUT2D eigenvalue weighted by Gasteiger charge is -1.99. The van der Waals surface area contributed by atoms with Gasteiger partial charge in [-0.1, -0.05) is 6.92 Å². The maximum absolute atomic E-state index is 11.3. The number of aromatic nitrogens is 1. The smallest absolute Gasteiger partial charge is 0.147 e. The molecule has 0 bridgehead atoms. The second-order valence-electron chi connectivity index (χ2n) is 2.71. The average Bonchev–Trinajstić information content (AvgIpc) is 2.16. The highest BCUT2D eigenvalue weighted by atomic mass is 32.2. The zero-order chi connectivity index (χ0) is 9.52. The van der Waals surface area contributed by atoms with Crippen molar-refractivity contribution in [3.8, 4) is 0 Å². The van der Waals surface area contributed by atoms with Gasteiger partial charge < -0.3 is 0 Å². The quantitative estimate of drug-likeness (QED) is 0.719. The number of rotatable bonds is 5. The van der Waals surface area contributed by atoms with Crippen LogP contribution in [0.3, 0.4) is 0 Å². The minimum Gasteiger partial charge on any atom is -0.298 e. The van der Waals surface area contributed by atoms with Crippen molar-refractivity contribution in [1.29, 1.82) is 0 Å². The second-order valence-corrected chi connectivity index (χ2v) is 3.98. The molecule has 0 spiro atoms. The third-order valence-corrected chi connectivity index (χ3v) is 2.55. The molecule has 0 aliphatic carbocycles. The average molecular weight is 195 g/mol. The van der Waals surface area contributed by atoms with Crippen LogP contribution in [0.4, 0.5) is 0 Å². The molecule has 70 valence electrons. The molecule has 1 heterocycles. The summed E-state index contributed by atoms with van der Waals surface area (Å²) < 4.78 is 0. The van der Waals surface area contributed by atoms with Crippen LogP contribution in [0.25, 0.3) is 0 Å². The van der Waals surface area contributed by atoms with E-state index in [2.05, 4.69) is 11.9 Å². The van der Waals surface area contributed by atoms with Crippen LogP contribution < -0.4 is 0 Å². The summed E-state index contributed by atoms with van der Waals surface area (Å²) in [6.07, 6.45) is 3.97. The van der Waals surface area contributed by atoms with E-state index in [-0.39, 0.29) is 5.78 Å². The Bertz CT molecular complexity index is 261. The van der Waals surface area contributed by atoms with Crippen molar-refractivity contribution < 1.29 is 4.79 Å². The summed E-state index contributed by atoms with van der Waals surface area (Å²) >= 11 is 1.67. The summed E-state index contributed by atoms with van der Waals surface area (Å²) in [5, 5.41) is 0. The summed E-state index contributed by atoms with van der Waals surface area (Å²) in [6.45, 7) is 2.06. The van der Waals surface area contributed by atoms with E-state index >= 15 is 0 Å². The molecule has 2 nitrogen and oxygen atoms in total. The molecular weight excluding hydrogens is 182 g/mol. The third-order valence-electron chi connectivity index (χ3n) is 1.62. The predicted octanol–water partition coefficient (Wildman–Crippen LogP) is 1.95. The molecule has 0 radical (unpaired) electrons. The SMILES string of the molecule is CCSCC(=O)Cc1ccncc1. The number of Topliss-reactive ketones (excluding diaryl/α,β-unsaturated/α-hetero) is 1. The maximum atomic E-state index is 11.3. The highest BCUT2D eigenvalue weighted by Crippen LogP contribution is 2.03. The van der Waals surface area contributed by atoms with E-state index in [4.69, 9.17) is 0 Å². The highest BCUT2D eigenvalue weighted by molar-refractivity contribution is 7.99. The molecule has 0 fully saturated rings. The van der Waals surface area contributed by atoms with Gasteiger partial charge >= 0.3 is 0 Å². The lowest BCUT2D eigenvalue weighted by molar-refractivity contribution is -0.116. The standard InChI is InChI=1S/C10H13NOS/c1-2-13-8-10(12)7-9-3-5-11-6-4-9/h3-6H,2,7-8H2,1H3. The van der Waals surface area contributed by atoms with E-state index in [9.17, 15) is 4.79 Å². The summed E-state index contributed by atoms with van der Waals surface area (Å²) in [4.78, 5) is 15.2. The molecule has 1 aromatic heterocycles. The van der Waals surface area contributed by atoms with Crippen molar-refractivity contribution in [2.75, 3.05) is 11.5 Å². The Kier molecular flexibility index (Phi) is 4.54. The van der Waals surface area contributed by atoms with Crippen LogP contribution in [0.5, 0.6) is 0 Å². The van der Waals surface area contributed by atoms with Crippen LogP contribution in [0.15, 0.2) is 24.5 Å². The van der Waals surface area contributed by atoms with Crippen LogP contribution >= 0.6 is 11.8 Å². The number of thioether (sulfide) groups is 1. The first kappa shape index (κ1) is 10.3. The summed E-state index contributed by atoms with van der Waals surface area (Å²) in [5.74, 6) is 1.92. The summed E-state index contributed by atoms with van der Waals surface area (Å²) in [7, 11) is 0. The van der Waals surface area contributed by atoms with E-state index < -0.39 is 0 Å². The third kappa shape index (κ3) is 4.08. The first-order chi connectivity index (χ1) is 6.33. The topological polar surface area (TPSA) is 30.0 Å². The number of nitrogens with zero attached hydrogens (tertiary/aromatic N) is 1. The maximum Gasteiger partial charge on any atom is 0.147 e. The van der Waals surface area contributed by atoms with Gasteiger partial charge in [-0.05, 0) is 23.4 Å². The van der Waals surface area contributed by atoms with Crippen LogP contribution in [0, 0.1) is 0 Å². The van der Waals surface area contributed by atoms with Crippen molar-refractivity contribution >= 4 is 17.5 Å². The van der Waals surface area contributed by atoms with E-state index in [1.54, 1.807) is 24.2 Å². The van der Waals surface area contributed by atoms with Crippen molar-refractivity contribution in [1.82, 2.24) is 4.98 Å². The summed E-state index contributed by atoms with van der Waals surface area (Å²) in [6, 6.07) is 3.77. The zero-order valence-corrected chi connectivity index (χ0v) is 8.51. The van der Waals surface area contributed by atoms with Crippen LogP contribution in [0.2, 0.25) is 0 Å². The Labute approximate surface area is 82.8 Å². The molecule has 3 heteroatoms. The van der Waals surface area contributed by atoms with Gasteiger partial charge in [-0.2, -0.15) is 11.8 Å². The van der Waals surface area contributed by atoms with Crippen molar-refractivity contribution in [2.45, 2.75) is 13.3 Å². The normalized spacial score (nSPS) is 9.92. The summed E-state index contributed by atoms with van der Waals surface area (Å²) in [5.41, 5.74) is 1.05. The van der Waals surface area contributed by atoms with Gasteiger partial charge in [0.15, 0.2) is 0 Å². The fourth-order valence-electron chi connectivity index (χ4n) is 0.995. The van der Waals surface area contributed by atoms with Gasteiger partial charge in [-0.25, -0.2) is 0 Å². The Hall–Kier alpha value is -0.830. The minimum absolute atomic E-state index is 0.290. The lowest BCUT2D eigenvalue weighted by Crippen LogP contribution is -2.05. The predicted molar refractivity (Wildman–Crippen MR) is 55.9 cm³/mol. The zero-order valence-electron chi connectivity index (χ0n) is 7.69. The molecular formula is C10H13NOS. The molecule has 0 atom stereocenters. The molecule has 0 amide bonds. The van der Waals surface area contributed by atoms with E-state index in [1.165, 1.54) is 0 Å². The fourth-order valence-corrected chi connectivity index (χ4v) is 1.53. The molecule has 1 aromatic rings. The monoisotopic (exact) mass is 195 g/mol. The molecule has 0 saturated carbocycles. The van der Waals surface area contributed by atoms with E-state index in [1.807, 2.05) is 12.1 Å². The number of hydrogen-bond acceptors (Lipinski definition) is 3. The largest absolute Gasteiger partial charge is 0.298 e. The highest BCUT2D eigenvalue weighted by Gasteiger charge is 2.02. The lowest BCUT2D eigenvalue weighted by atomic mass is 10.1. The van der Waals surface area contributed by atoms with Gasteiger partial charge in [-0.15, -0.1) is 0 Å². The first-order valence-electron chi connectivity index (χ1n) is 4.31. The number of hydrogen-bond donors (Lipinski definition) is 0. The number of carbonyl (C=O) groups is 1. The van der Waals surface area contributed by atoms with Gasteiger partial charge in [0.1, 0.15) is 5.78 Å². The van der Waals surface area contributed by atoms with Gasteiger partial charge in [0.25, 0.3) is 0 Å². The molecule has 0 aliphatic heterocycles. The molecule has 0 aliphatic rings. The number of carbonyl (C=O) groups excluding carboxylic acids is 1.